The van der Waals surface area contributed by atoms with Crippen LogP contribution in [0.5, 0.6) is 0 Å². The zero-order chi connectivity index (χ0) is 15.7. The van der Waals surface area contributed by atoms with Crippen molar-refractivity contribution >= 4 is 34.5 Å². The van der Waals surface area contributed by atoms with Crippen LogP contribution in [0, 0.1) is 10.1 Å². The first-order valence-corrected chi connectivity index (χ1v) is 8.09. The number of hydrogen-bond acceptors (Lipinski definition) is 4. The lowest BCUT2D eigenvalue weighted by Gasteiger charge is -2.21. The number of carbonyl (C=O) groups excluding carboxylic acids is 1. The Morgan fingerprint density at radius 3 is 2.77 bits per heavy atom. The van der Waals surface area contributed by atoms with Crippen molar-refractivity contribution in [2.45, 2.75) is 25.4 Å². The van der Waals surface area contributed by atoms with Crippen molar-refractivity contribution in [3.05, 3.63) is 61.3 Å². The third-order valence-corrected chi connectivity index (χ3v) is 4.73. The lowest BCUT2D eigenvalue weighted by molar-refractivity contribution is -0.384. The molecule has 0 atom stereocenters. The van der Waals surface area contributed by atoms with Crippen LogP contribution in [0.2, 0.25) is 5.02 Å². The predicted octanol–water partition coefficient (Wildman–Crippen LogP) is 4.11. The molecule has 5 nitrogen and oxygen atoms in total. The van der Waals surface area contributed by atoms with Gasteiger partial charge in [0.2, 0.25) is 0 Å². The third kappa shape index (κ3) is 3.13. The van der Waals surface area contributed by atoms with E-state index in [1.807, 2.05) is 17.5 Å². The van der Waals surface area contributed by atoms with Crippen LogP contribution < -0.4 is 0 Å². The maximum Gasteiger partial charge on any atom is 0.288 e. The molecule has 7 heteroatoms. The Hall–Kier alpha value is -1.92. The molecule has 1 saturated carbocycles. The highest BCUT2D eigenvalue weighted by Gasteiger charge is 2.33. The van der Waals surface area contributed by atoms with Gasteiger partial charge in [0.05, 0.1) is 11.5 Å². The van der Waals surface area contributed by atoms with Crippen LogP contribution >= 0.6 is 22.9 Å². The first-order chi connectivity index (χ1) is 10.6. The van der Waals surface area contributed by atoms with Crippen LogP contribution in [-0.4, -0.2) is 21.8 Å². The molecule has 114 valence electrons. The second-order valence-electron chi connectivity index (χ2n) is 5.17. The van der Waals surface area contributed by atoms with Crippen molar-refractivity contribution in [2.24, 2.45) is 0 Å². The molecule has 1 aromatic heterocycles. The molecule has 0 spiro atoms. The Morgan fingerprint density at radius 1 is 1.41 bits per heavy atom. The fraction of sp³-hybridized carbons (Fsp3) is 0.267. The molecule has 3 rings (SSSR count). The van der Waals surface area contributed by atoms with Gasteiger partial charge in [0.25, 0.3) is 11.6 Å². The predicted molar refractivity (Wildman–Crippen MR) is 85.3 cm³/mol. The summed E-state index contributed by atoms with van der Waals surface area (Å²) in [4.78, 5) is 26.0. The van der Waals surface area contributed by atoms with Crippen molar-refractivity contribution < 1.29 is 9.72 Å². The quantitative estimate of drug-likeness (QED) is 0.609. The van der Waals surface area contributed by atoms with Crippen molar-refractivity contribution in [3.63, 3.8) is 0 Å². The molecule has 0 saturated heterocycles. The number of thiophene rings is 1. The lowest BCUT2D eigenvalue weighted by Crippen LogP contribution is -2.32. The molecular weight excluding hydrogens is 324 g/mol. The van der Waals surface area contributed by atoms with E-state index in [4.69, 9.17) is 11.6 Å². The van der Waals surface area contributed by atoms with Gasteiger partial charge >= 0.3 is 0 Å². The molecule has 22 heavy (non-hydrogen) atoms. The molecule has 2 aromatic rings. The Morgan fingerprint density at radius 2 is 2.18 bits per heavy atom. The number of hydrogen-bond donors (Lipinski definition) is 0. The van der Waals surface area contributed by atoms with Gasteiger partial charge in [-0.3, -0.25) is 14.9 Å². The Labute approximate surface area is 136 Å². The minimum absolute atomic E-state index is 0.0396. The van der Waals surface area contributed by atoms with Gasteiger partial charge in [0.15, 0.2) is 0 Å². The molecule has 0 bridgehead atoms. The monoisotopic (exact) mass is 336 g/mol. The van der Waals surface area contributed by atoms with E-state index in [0.29, 0.717) is 12.1 Å². The fourth-order valence-electron chi connectivity index (χ4n) is 2.27. The van der Waals surface area contributed by atoms with Crippen molar-refractivity contribution in [1.29, 1.82) is 0 Å². The Kier molecular flexibility index (Phi) is 4.13. The van der Waals surface area contributed by atoms with E-state index < -0.39 is 4.92 Å². The highest BCUT2D eigenvalue weighted by Crippen LogP contribution is 2.32. The standard InChI is InChI=1S/C15H13ClN2O3S/c16-13-6-3-10(8-14(13)18(20)21)15(19)17(11-4-5-11)9-12-2-1-7-22-12/h1-3,6-8,11H,4-5,9H2. The summed E-state index contributed by atoms with van der Waals surface area (Å²) in [5, 5.41) is 13.0. The van der Waals surface area contributed by atoms with Gasteiger partial charge < -0.3 is 4.90 Å². The SMILES string of the molecule is O=C(c1ccc(Cl)c([N+](=O)[O-])c1)N(Cc1cccs1)C1CC1. The zero-order valence-electron chi connectivity index (χ0n) is 11.6. The van der Waals surface area contributed by atoms with Crippen LogP contribution in [0.3, 0.4) is 0 Å². The van der Waals surface area contributed by atoms with E-state index in [1.165, 1.54) is 12.1 Å². The van der Waals surface area contributed by atoms with Crippen LogP contribution in [0.4, 0.5) is 5.69 Å². The largest absolute Gasteiger partial charge is 0.331 e. The summed E-state index contributed by atoms with van der Waals surface area (Å²) in [6.07, 6.45) is 1.96. The zero-order valence-corrected chi connectivity index (χ0v) is 13.1. The minimum Gasteiger partial charge on any atom is -0.331 e. The second kappa shape index (κ2) is 6.06. The topological polar surface area (TPSA) is 63.4 Å². The number of nitrogens with zero attached hydrogens (tertiary/aromatic N) is 2. The first-order valence-electron chi connectivity index (χ1n) is 6.83. The summed E-state index contributed by atoms with van der Waals surface area (Å²) in [5.74, 6) is -0.185. The van der Waals surface area contributed by atoms with E-state index in [2.05, 4.69) is 0 Å². The number of rotatable bonds is 5. The van der Waals surface area contributed by atoms with Gasteiger partial charge in [-0.15, -0.1) is 11.3 Å². The van der Waals surface area contributed by atoms with Gasteiger partial charge in [0, 0.05) is 22.5 Å². The fourth-order valence-corrected chi connectivity index (χ4v) is 3.16. The first kappa shape index (κ1) is 15.0. The van der Waals surface area contributed by atoms with E-state index in [1.54, 1.807) is 22.3 Å². The lowest BCUT2D eigenvalue weighted by atomic mass is 10.1. The number of amides is 1. The summed E-state index contributed by atoms with van der Waals surface area (Å²) < 4.78 is 0. The van der Waals surface area contributed by atoms with Gasteiger partial charge in [-0.25, -0.2) is 0 Å². The van der Waals surface area contributed by atoms with Crippen molar-refractivity contribution in [3.8, 4) is 0 Å². The summed E-state index contributed by atoms with van der Waals surface area (Å²) in [5.41, 5.74) is 0.0685. The van der Waals surface area contributed by atoms with Crippen LogP contribution in [0.1, 0.15) is 28.1 Å². The highest BCUT2D eigenvalue weighted by molar-refractivity contribution is 7.09. The molecule has 1 aliphatic carbocycles. The van der Waals surface area contributed by atoms with Crippen molar-refractivity contribution in [1.82, 2.24) is 4.90 Å². The van der Waals surface area contributed by atoms with E-state index in [9.17, 15) is 14.9 Å². The molecule has 1 aromatic carbocycles. The highest BCUT2D eigenvalue weighted by atomic mass is 35.5. The van der Waals surface area contributed by atoms with Gasteiger partial charge in [-0.1, -0.05) is 17.7 Å². The van der Waals surface area contributed by atoms with Gasteiger partial charge in [0.1, 0.15) is 5.02 Å². The molecule has 0 aliphatic heterocycles. The summed E-state index contributed by atoms with van der Waals surface area (Å²) >= 11 is 7.40. The second-order valence-corrected chi connectivity index (χ2v) is 6.61. The number of carbonyl (C=O) groups is 1. The third-order valence-electron chi connectivity index (χ3n) is 3.54. The molecule has 0 unspecified atom stereocenters. The average molecular weight is 337 g/mol. The van der Waals surface area contributed by atoms with Crippen LogP contribution in [0.25, 0.3) is 0 Å². The van der Waals surface area contributed by atoms with Gasteiger partial charge in [-0.05, 0) is 36.4 Å². The smallest absolute Gasteiger partial charge is 0.288 e. The normalized spacial score (nSPS) is 13.9. The van der Waals surface area contributed by atoms with Gasteiger partial charge in [-0.2, -0.15) is 0 Å². The van der Waals surface area contributed by atoms with E-state index in [-0.39, 0.29) is 22.7 Å². The Balaban J connectivity index is 1.87. The number of benzene rings is 1. The number of halogens is 1. The summed E-state index contributed by atoms with van der Waals surface area (Å²) in [7, 11) is 0. The molecule has 1 aliphatic rings. The number of nitro groups is 1. The molecule has 1 fully saturated rings. The summed E-state index contributed by atoms with van der Waals surface area (Å²) in [6.45, 7) is 0.539. The maximum absolute atomic E-state index is 12.7. The molecular formula is C15H13ClN2O3S. The van der Waals surface area contributed by atoms with Crippen LogP contribution in [-0.2, 0) is 6.54 Å². The maximum atomic E-state index is 12.7. The molecule has 0 radical (unpaired) electrons. The number of nitro benzene ring substituents is 1. The molecule has 1 heterocycles. The van der Waals surface area contributed by atoms with Crippen LogP contribution in [0.15, 0.2) is 35.7 Å². The van der Waals surface area contributed by atoms with Crippen molar-refractivity contribution in [2.75, 3.05) is 0 Å². The Bertz CT molecular complexity index is 714. The molecule has 1 amide bonds. The summed E-state index contributed by atoms with van der Waals surface area (Å²) in [6, 6.07) is 8.36. The van der Waals surface area contributed by atoms with E-state index >= 15 is 0 Å². The molecule has 0 N–H and O–H groups in total. The van der Waals surface area contributed by atoms with E-state index in [0.717, 1.165) is 17.7 Å². The minimum atomic E-state index is -0.570. The average Bonchev–Trinajstić information content (AvgIpc) is 3.21.